The molecule has 3 amide bonds. The Labute approximate surface area is 118 Å². The van der Waals surface area contributed by atoms with Gasteiger partial charge in [0, 0.05) is 39.6 Å². The van der Waals surface area contributed by atoms with E-state index in [1.54, 1.807) is 25.9 Å². The fourth-order valence-corrected chi connectivity index (χ4v) is 2.35. The van der Waals surface area contributed by atoms with Crippen LogP contribution >= 0.6 is 0 Å². The molecular formula is C13H23N3O4. The molecule has 7 nitrogen and oxygen atoms in total. The largest absolute Gasteiger partial charge is 0.481 e. The minimum atomic E-state index is -0.914. The molecule has 114 valence electrons. The maximum atomic E-state index is 12.2. The highest BCUT2D eigenvalue weighted by molar-refractivity contribution is 5.79. The number of urea groups is 1. The van der Waals surface area contributed by atoms with Crippen LogP contribution in [0.5, 0.6) is 0 Å². The standard InChI is InChI=1S/C13H23N3O4/c1-9(12(18)19)8-15(3)13(20)16-6-4-10(5-7-16)11(17)14-2/h9-10H,4-8H2,1-3H3,(H,14,17)(H,18,19). The van der Waals surface area contributed by atoms with Crippen molar-refractivity contribution in [1.82, 2.24) is 15.1 Å². The Kier molecular flexibility index (Phi) is 5.79. The summed E-state index contributed by atoms with van der Waals surface area (Å²) in [6.07, 6.45) is 1.29. The smallest absolute Gasteiger partial charge is 0.319 e. The highest BCUT2D eigenvalue weighted by atomic mass is 16.4. The lowest BCUT2D eigenvalue weighted by molar-refractivity contribution is -0.141. The van der Waals surface area contributed by atoms with E-state index in [2.05, 4.69) is 5.32 Å². The van der Waals surface area contributed by atoms with Crippen molar-refractivity contribution in [3.63, 3.8) is 0 Å². The van der Waals surface area contributed by atoms with Crippen molar-refractivity contribution in [1.29, 1.82) is 0 Å². The monoisotopic (exact) mass is 285 g/mol. The van der Waals surface area contributed by atoms with Gasteiger partial charge in [0.25, 0.3) is 0 Å². The number of piperidine rings is 1. The van der Waals surface area contributed by atoms with Crippen LogP contribution in [0.4, 0.5) is 4.79 Å². The fourth-order valence-electron chi connectivity index (χ4n) is 2.35. The predicted molar refractivity (Wildman–Crippen MR) is 73.2 cm³/mol. The van der Waals surface area contributed by atoms with Crippen molar-refractivity contribution in [3.8, 4) is 0 Å². The molecule has 1 heterocycles. The third-order valence-corrected chi connectivity index (χ3v) is 3.68. The van der Waals surface area contributed by atoms with E-state index in [9.17, 15) is 14.4 Å². The average Bonchev–Trinajstić information content (AvgIpc) is 2.45. The number of hydrogen-bond acceptors (Lipinski definition) is 3. The minimum Gasteiger partial charge on any atom is -0.481 e. The van der Waals surface area contributed by atoms with E-state index >= 15 is 0 Å². The van der Waals surface area contributed by atoms with E-state index in [0.717, 1.165) is 0 Å². The van der Waals surface area contributed by atoms with Gasteiger partial charge < -0.3 is 20.2 Å². The normalized spacial score (nSPS) is 17.4. The molecule has 1 fully saturated rings. The lowest BCUT2D eigenvalue weighted by Crippen LogP contribution is -2.48. The molecule has 7 heteroatoms. The molecular weight excluding hydrogens is 262 g/mol. The number of carboxylic acid groups (broad SMARTS) is 1. The molecule has 0 saturated carbocycles. The molecule has 0 aromatic carbocycles. The Morgan fingerprint density at radius 1 is 1.35 bits per heavy atom. The molecule has 0 spiro atoms. The number of aliphatic carboxylic acids is 1. The van der Waals surface area contributed by atoms with E-state index in [0.29, 0.717) is 25.9 Å². The number of amides is 3. The average molecular weight is 285 g/mol. The first-order valence-corrected chi connectivity index (χ1v) is 6.81. The van der Waals surface area contributed by atoms with Crippen LogP contribution in [-0.2, 0) is 9.59 Å². The van der Waals surface area contributed by atoms with Gasteiger partial charge in [0.15, 0.2) is 0 Å². The molecule has 1 saturated heterocycles. The Balaban J connectivity index is 2.46. The predicted octanol–water partition coefficient (Wildman–Crippen LogP) is 0.217. The summed E-state index contributed by atoms with van der Waals surface area (Å²) in [4.78, 5) is 37.6. The van der Waals surface area contributed by atoms with E-state index in [1.807, 2.05) is 0 Å². The van der Waals surface area contributed by atoms with Crippen molar-refractivity contribution in [2.45, 2.75) is 19.8 Å². The Morgan fingerprint density at radius 3 is 2.35 bits per heavy atom. The zero-order valence-electron chi connectivity index (χ0n) is 12.3. The molecule has 1 aliphatic rings. The summed E-state index contributed by atoms with van der Waals surface area (Å²) in [6, 6.07) is -0.173. The first-order valence-electron chi connectivity index (χ1n) is 6.81. The summed E-state index contributed by atoms with van der Waals surface area (Å²) >= 11 is 0. The van der Waals surface area contributed by atoms with Gasteiger partial charge >= 0.3 is 12.0 Å². The van der Waals surface area contributed by atoms with Gasteiger partial charge in [0.2, 0.25) is 5.91 Å². The summed E-state index contributed by atoms with van der Waals surface area (Å²) in [5.41, 5.74) is 0. The zero-order valence-corrected chi connectivity index (χ0v) is 12.3. The Morgan fingerprint density at radius 2 is 1.90 bits per heavy atom. The number of rotatable bonds is 4. The topological polar surface area (TPSA) is 90.0 Å². The van der Waals surface area contributed by atoms with Crippen LogP contribution in [0.15, 0.2) is 0 Å². The first-order chi connectivity index (χ1) is 9.36. The summed E-state index contributed by atoms with van der Waals surface area (Å²) < 4.78 is 0. The van der Waals surface area contributed by atoms with Gasteiger partial charge in [-0.3, -0.25) is 9.59 Å². The van der Waals surface area contributed by atoms with Crippen LogP contribution in [0.2, 0.25) is 0 Å². The number of carboxylic acids is 1. The van der Waals surface area contributed by atoms with Crippen molar-refractivity contribution >= 4 is 17.9 Å². The summed E-state index contributed by atoms with van der Waals surface area (Å²) in [7, 11) is 3.22. The number of carbonyl (C=O) groups is 3. The van der Waals surface area contributed by atoms with E-state index in [1.165, 1.54) is 4.90 Å². The minimum absolute atomic E-state index is 0.0185. The van der Waals surface area contributed by atoms with Crippen LogP contribution in [0.1, 0.15) is 19.8 Å². The molecule has 1 aliphatic heterocycles. The number of carbonyl (C=O) groups excluding carboxylic acids is 2. The second-order valence-corrected chi connectivity index (χ2v) is 5.28. The van der Waals surface area contributed by atoms with Crippen LogP contribution in [0, 0.1) is 11.8 Å². The highest BCUT2D eigenvalue weighted by Gasteiger charge is 2.28. The van der Waals surface area contributed by atoms with E-state index < -0.39 is 11.9 Å². The first kappa shape index (κ1) is 16.3. The van der Waals surface area contributed by atoms with Gasteiger partial charge in [-0.25, -0.2) is 4.79 Å². The van der Waals surface area contributed by atoms with Gasteiger partial charge in [-0.05, 0) is 12.8 Å². The second-order valence-electron chi connectivity index (χ2n) is 5.28. The quantitative estimate of drug-likeness (QED) is 0.773. The number of likely N-dealkylation sites (tertiary alicyclic amines) is 1. The Hall–Kier alpha value is -1.79. The molecule has 0 aromatic heterocycles. The van der Waals surface area contributed by atoms with Crippen molar-refractivity contribution < 1.29 is 19.5 Å². The summed E-state index contributed by atoms with van der Waals surface area (Å²) in [5, 5.41) is 11.5. The molecule has 0 bridgehead atoms. The molecule has 0 aliphatic carbocycles. The van der Waals surface area contributed by atoms with Crippen LogP contribution < -0.4 is 5.32 Å². The lowest BCUT2D eigenvalue weighted by atomic mass is 9.96. The van der Waals surface area contributed by atoms with Gasteiger partial charge in [0.1, 0.15) is 0 Å². The lowest BCUT2D eigenvalue weighted by Gasteiger charge is -2.34. The van der Waals surface area contributed by atoms with Gasteiger partial charge in [-0.15, -0.1) is 0 Å². The number of nitrogens with zero attached hydrogens (tertiary/aromatic N) is 2. The van der Waals surface area contributed by atoms with Crippen LogP contribution in [0.25, 0.3) is 0 Å². The number of hydrogen-bond donors (Lipinski definition) is 2. The maximum absolute atomic E-state index is 12.2. The van der Waals surface area contributed by atoms with Crippen LogP contribution in [0.3, 0.4) is 0 Å². The SMILES string of the molecule is CNC(=O)C1CCN(C(=O)N(C)CC(C)C(=O)O)CC1. The summed E-state index contributed by atoms with van der Waals surface area (Å²) in [6.45, 7) is 2.82. The third kappa shape index (κ3) is 4.11. The zero-order chi connectivity index (χ0) is 15.3. The van der Waals surface area contributed by atoms with Gasteiger partial charge in [-0.2, -0.15) is 0 Å². The molecule has 1 unspecified atom stereocenters. The van der Waals surface area contributed by atoms with Gasteiger partial charge in [-0.1, -0.05) is 6.92 Å². The number of nitrogens with one attached hydrogen (secondary N) is 1. The Bertz CT molecular complexity index is 378. The van der Waals surface area contributed by atoms with E-state index in [-0.39, 0.29) is 24.4 Å². The van der Waals surface area contributed by atoms with Crippen LogP contribution in [-0.4, -0.2) is 66.5 Å². The molecule has 1 atom stereocenters. The summed E-state index contributed by atoms with van der Waals surface area (Å²) in [5.74, 6) is -1.52. The molecule has 2 N–H and O–H groups in total. The van der Waals surface area contributed by atoms with Crippen molar-refractivity contribution in [2.24, 2.45) is 11.8 Å². The molecule has 20 heavy (non-hydrogen) atoms. The maximum Gasteiger partial charge on any atom is 0.319 e. The molecule has 0 radical (unpaired) electrons. The fraction of sp³-hybridized carbons (Fsp3) is 0.769. The molecule has 0 aromatic rings. The highest BCUT2D eigenvalue weighted by Crippen LogP contribution is 2.18. The van der Waals surface area contributed by atoms with E-state index in [4.69, 9.17) is 5.11 Å². The third-order valence-electron chi connectivity index (χ3n) is 3.68. The van der Waals surface area contributed by atoms with Gasteiger partial charge in [0.05, 0.1) is 5.92 Å². The van der Waals surface area contributed by atoms with Crippen molar-refractivity contribution in [3.05, 3.63) is 0 Å². The van der Waals surface area contributed by atoms with Crippen molar-refractivity contribution in [2.75, 3.05) is 33.7 Å². The molecule has 1 rings (SSSR count). The second kappa shape index (κ2) is 7.12.